The highest BCUT2D eigenvalue weighted by Gasteiger charge is 2.32. The fourth-order valence-electron chi connectivity index (χ4n) is 4.42. The molecule has 0 bridgehead atoms. The Morgan fingerprint density at radius 3 is 2.25 bits per heavy atom. The number of piperazine rings is 1. The van der Waals surface area contributed by atoms with E-state index < -0.39 is 10.0 Å². The van der Waals surface area contributed by atoms with Crippen molar-refractivity contribution in [3.8, 4) is 5.75 Å². The predicted octanol–water partition coefficient (Wildman–Crippen LogP) is 3.85. The molecule has 4 rings (SSSR count). The van der Waals surface area contributed by atoms with Crippen molar-refractivity contribution in [1.82, 2.24) is 9.80 Å². The molecule has 1 fully saturated rings. The van der Waals surface area contributed by atoms with Crippen LogP contribution < -0.4 is 9.04 Å². The predicted molar refractivity (Wildman–Crippen MR) is 142 cm³/mol. The summed E-state index contributed by atoms with van der Waals surface area (Å²) in [4.78, 5) is 17.5. The van der Waals surface area contributed by atoms with Gasteiger partial charge in [0, 0.05) is 32.7 Å². The van der Waals surface area contributed by atoms with Crippen LogP contribution in [0.4, 0.5) is 5.69 Å². The van der Waals surface area contributed by atoms with Gasteiger partial charge in [0.1, 0.15) is 17.2 Å². The number of rotatable bonds is 8. The minimum Gasteiger partial charge on any atom is -0.495 e. The molecular weight excluding hydrogens is 474 g/mol. The van der Waals surface area contributed by atoms with Crippen molar-refractivity contribution < 1.29 is 17.9 Å². The second-order valence-corrected chi connectivity index (χ2v) is 11.0. The lowest BCUT2D eigenvalue weighted by Crippen LogP contribution is -2.51. The summed E-state index contributed by atoms with van der Waals surface area (Å²) < 4.78 is 34.4. The molecule has 0 saturated carbocycles. The summed E-state index contributed by atoms with van der Waals surface area (Å²) in [5.41, 5.74) is 3.39. The van der Waals surface area contributed by atoms with Crippen molar-refractivity contribution >= 4 is 21.6 Å². The Morgan fingerprint density at radius 1 is 0.889 bits per heavy atom. The lowest BCUT2D eigenvalue weighted by atomic mass is 10.2. The van der Waals surface area contributed by atoms with Crippen LogP contribution in [0, 0.1) is 13.8 Å². The van der Waals surface area contributed by atoms with E-state index in [0.717, 1.165) is 30.8 Å². The molecule has 1 heterocycles. The largest absolute Gasteiger partial charge is 0.495 e. The Bertz CT molecular complexity index is 1300. The van der Waals surface area contributed by atoms with Crippen molar-refractivity contribution in [1.29, 1.82) is 0 Å². The first kappa shape index (κ1) is 25.7. The molecule has 8 heteroatoms. The van der Waals surface area contributed by atoms with Gasteiger partial charge in [0.15, 0.2) is 0 Å². The van der Waals surface area contributed by atoms with Crippen molar-refractivity contribution in [3.63, 3.8) is 0 Å². The molecule has 1 aliphatic heterocycles. The Morgan fingerprint density at radius 2 is 1.58 bits per heavy atom. The molecule has 0 aromatic heterocycles. The van der Waals surface area contributed by atoms with E-state index in [-0.39, 0.29) is 23.1 Å². The molecule has 0 radical (unpaired) electrons. The summed E-state index contributed by atoms with van der Waals surface area (Å²) in [7, 11) is -2.63. The second kappa shape index (κ2) is 11.1. The number of carbonyl (C=O) groups is 1. The monoisotopic (exact) mass is 507 g/mol. The number of sulfonamides is 1. The zero-order valence-corrected chi connectivity index (χ0v) is 21.9. The minimum absolute atomic E-state index is 0.0481. The molecule has 0 unspecified atom stereocenters. The number of amides is 1. The van der Waals surface area contributed by atoms with Gasteiger partial charge in [-0.15, -0.1) is 0 Å². The summed E-state index contributed by atoms with van der Waals surface area (Å²) in [5.74, 6) is 0.0336. The topological polar surface area (TPSA) is 70.2 Å². The first-order valence-electron chi connectivity index (χ1n) is 12.1. The van der Waals surface area contributed by atoms with Gasteiger partial charge in [0.2, 0.25) is 5.91 Å². The minimum atomic E-state index is -4.07. The maximum atomic E-state index is 13.9. The maximum Gasteiger partial charge on any atom is 0.268 e. The highest BCUT2D eigenvalue weighted by Crippen LogP contribution is 2.31. The molecule has 0 atom stereocenters. The average molecular weight is 508 g/mol. The van der Waals surface area contributed by atoms with Crippen LogP contribution in [0.1, 0.15) is 16.7 Å². The molecule has 1 amide bonds. The van der Waals surface area contributed by atoms with Crippen LogP contribution in [0.5, 0.6) is 5.75 Å². The number of ether oxygens (including phenoxy) is 1. The first-order chi connectivity index (χ1) is 17.3. The van der Waals surface area contributed by atoms with Crippen LogP contribution in [0.2, 0.25) is 0 Å². The van der Waals surface area contributed by atoms with E-state index in [1.807, 2.05) is 38.1 Å². The molecular formula is C28H33N3O4S. The third-order valence-electron chi connectivity index (χ3n) is 6.43. The van der Waals surface area contributed by atoms with Crippen molar-refractivity contribution in [2.45, 2.75) is 25.3 Å². The highest BCUT2D eigenvalue weighted by atomic mass is 32.2. The Hall–Kier alpha value is -3.36. The molecule has 0 aliphatic carbocycles. The zero-order chi connectivity index (χ0) is 25.7. The van der Waals surface area contributed by atoms with Crippen molar-refractivity contribution in [2.75, 3.05) is 44.1 Å². The summed E-state index contributed by atoms with van der Waals surface area (Å²) >= 11 is 0. The van der Waals surface area contributed by atoms with Crippen LogP contribution >= 0.6 is 0 Å². The van der Waals surface area contributed by atoms with E-state index in [4.69, 9.17) is 4.74 Å². The molecule has 0 N–H and O–H groups in total. The third kappa shape index (κ3) is 5.88. The van der Waals surface area contributed by atoms with Crippen LogP contribution in [0.15, 0.2) is 77.7 Å². The normalized spacial score (nSPS) is 14.5. The van der Waals surface area contributed by atoms with E-state index in [0.29, 0.717) is 18.8 Å². The number of hydrogen-bond donors (Lipinski definition) is 0. The highest BCUT2D eigenvalue weighted by molar-refractivity contribution is 7.93. The number of nitrogens with zero attached hydrogens (tertiary/aromatic N) is 3. The van der Waals surface area contributed by atoms with Crippen LogP contribution in [0.25, 0.3) is 0 Å². The SMILES string of the molecule is COc1ccc(C)cc1S(=O)(=O)N(CC(=O)N1CCN(Cc2ccccc2)CC1)c1cccc(C)c1. The van der Waals surface area contributed by atoms with Gasteiger partial charge in [0.05, 0.1) is 12.8 Å². The molecule has 1 saturated heterocycles. The zero-order valence-electron chi connectivity index (χ0n) is 21.1. The van der Waals surface area contributed by atoms with Crippen LogP contribution in [0.3, 0.4) is 0 Å². The Kier molecular flexibility index (Phi) is 7.96. The van der Waals surface area contributed by atoms with Gasteiger partial charge in [-0.1, -0.05) is 48.5 Å². The van der Waals surface area contributed by atoms with E-state index in [1.54, 1.807) is 41.3 Å². The molecule has 7 nitrogen and oxygen atoms in total. The standard InChI is InChI=1S/C28H33N3O4S/c1-22-8-7-11-25(18-22)31(36(33,34)27-19-23(2)12-13-26(27)35-3)21-28(32)30-16-14-29(15-17-30)20-24-9-5-4-6-10-24/h4-13,18-19H,14-17,20-21H2,1-3H3. The van der Waals surface area contributed by atoms with Gasteiger partial charge in [0.25, 0.3) is 10.0 Å². The summed E-state index contributed by atoms with van der Waals surface area (Å²) in [6, 6.07) is 22.5. The number of aryl methyl sites for hydroxylation is 2. The van der Waals surface area contributed by atoms with Gasteiger partial charge < -0.3 is 9.64 Å². The van der Waals surface area contributed by atoms with Gasteiger partial charge >= 0.3 is 0 Å². The van der Waals surface area contributed by atoms with Gasteiger partial charge in [-0.05, 0) is 54.8 Å². The third-order valence-corrected chi connectivity index (χ3v) is 8.22. The van der Waals surface area contributed by atoms with Crippen molar-refractivity contribution in [3.05, 3.63) is 89.5 Å². The number of anilines is 1. The van der Waals surface area contributed by atoms with Gasteiger partial charge in [-0.25, -0.2) is 8.42 Å². The molecule has 36 heavy (non-hydrogen) atoms. The molecule has 190 valence electrons. The molecule has 3 aromatic rings. The summed E-state index contributed by atoms with van der Waals surface area (Å²) in [6.45, 7) is 6.88. The molecule has 0 spiro atoms. The van der Waals surface area contributed by atoms with Gasteiger partial charge in [-0.2, -0.15) is 0 Å². The summed E-state index contributed by atoms with van der Waals surface area (Å²) in [6.07, 6.45) is 0. The van der Waals surface area contributed by atoms with E-state index in [1.165, 1.54) is 17.0 Å². The maximum absolute atomic E-state index is 13.9. The van der Waals surface area contributed by atoms with Gasteiger partial charge in [-0.3, -0.25) is 14.0 Å². The quantitative estimate of drug-likeness (QED) is 0.463. The summed E-state index contributed by atoms with van der Waals surface area (Å²) in [5, 5.41) is 0. The van der Waals surface area contributed by atoms with E-state index in [2.05, 4.69) is 17.0 Å². The Balaban J connectivity index is 1.55. The van der Waals surface area contributed by atoms with Crippen molar-refractivity contribution in [2.24, 2.45) is 0 Å². The lowest BCUT2D eigenvalue weighted by Gasteiger charge is -2.36. The number of methoxy groups -OCH3 is 1. The fraction of sp³-hybridized carbons (Fsp3) is 0.321. The van der Waals surface area contributed by atoms with Crippen LogP contribution in [-0.4, -0.2) is 64.0 Å². The molecule has 3 aromatic carbocycles. The second-order valence-electron chi connectivity index (χ2n) is 9.15. The molecule has 1 aliphatic rings. The van der Waals surface area contributed by atoms with Crippen LogP contribution in [-0.2, 0) is 21.4 Å². The number of benzene rings is 3. The smallest absolute Gasteiger partial charge is 0.268 e. The number of hydrogen-bond acceptors (Lipinski definition) is 5. The number of carbonyl (C=O) groups excluding carboxylic acids is 1. The Labute approximate surface area is 214 Å². The average Bonchev–Trinajstić information content (AvgIpc) is 2.88. The van der Waals surface area contributed by atoms with E-state index in [9.17, 15) is 13.2 Å². The lowest BCUT2D eigenvalue weighted by molar-refractivity contribution is -0.131. The first-order valence-corrected chi connectivity index (χ1v) is 13.5. The fourth-order valence-corrected chi connectivity index (χ4v) is 6.07. The van der Waals surface area contributed by atoms with E-state index >= 15 is 0 Å².